The third kappa shape index (κ3) is 5.40. The molecule has 1 fully saturated rings. The van der Waals surface area contributed by atoms with Gasteiger partial charge in [-0.15, -0.1) is 11.3 Å². The van der Waals surface area contributed by atoms with Gasteiger partial charge in [0.15, 0.2) is 0 Å². The van der Waals surface area contributed by atoms with Crippen LogP contribution < -0.4 is 10.1 Å². The van der Waals surface area contributed by atoms with Gasteiger partial charge in [0, 0.05) is 29.7 Å². The maximum absolute atomic E-state index is 13.5. The van der Waals surface area contributed by atoms with Gasteiger partial charge in [0.2, 0.25) is 15.9 Å². The van der Waals surface area contributed by atoms with Crippen LogP contribution in [-0.2, 0) is 21.2 Å². The lowest BCUT2D eigenvalue weighted by molar-refractivity contribution is -0.115. The molecule has 0 radical (unpaired) electrons. The molecule has 0 bridgehead atoms. The molecule has 1 aliphatic heterocycles. The van der Waals surface area contributed by atoms with Crippen molar-refractivity contribution < 1.29 is 22.3 Å². The van der Waals surface area contributed by atoms with Gasteiger partial charge >= 0.3 is 0 Å². The summed E-state index contributed by atoms with van der Waals surface area (Å²) < 4.78 is 46.7. The van der Waals surface area contributed by atoms with Crippen molar-refractivity contribution in [1.82, 2.24) is 9.29 Å². The number of hydrogen-bond acceptors (Lipinski definition) is 6. The molecular formula is C23H24FN3O4S2. The van der Waals surface area contributed by atoms with Gasteiger partial charge < -0.3 is 10.1 Å². The third-order valence-corrected chi connectivity index (χ3v) is 8.04. The highest BCUT2D eigenvalue weighted by atomic mass is 32.2. The lowest BCUT2D eigenvalue weighted by Crippen LogP contribution is -2.28. The summed E-state index contributed by atoms with van der Waals surface area (Å²) in [5.41, 5.74) is 1.56. The van der Waals surface area contributed by atoms with E-state index in [1.807, 2.05) is 0 Å². The molecule has 0 saturated carbocycles. The standard InChI is InChI=1S/C23H24FN3O4S2/c1-2-31-20-9-8-18(13-21(20)33(29,30)27-10-3-4-11-27)25-22(28)14-19-15-32-23(26-19)16-6-5-7-17(24)12-16/h5-9,12-13,15H,2-4,10-11,14H2,1H3,(H,25,28). The molecule has 1 amide bonds. The maximum atomic E-state index is 13.5. The number of nitrogens with one attached hydrogen (secondary N) is 1. The molecule has 2 heterocycles. The Morgan fingerprint density at radius 3 is 2.73 bits per heavy atom. The highest BCUT2D eigenvalue weighted by Crippen LogP contribution is 2.32. The van der Waals surface area contributed by atoms with Crippen molar-refractivity contribution in [1.29, 1.82) is 0 Å². The van der Waals surface area contributed by atoms with E-state index in [1.165, 1.54) is 33.8 Å². The second-order valence-electron chi connectivity index (χ2n) is 7.59. The number of carbonyl (C=O) groups is 1. The minimum atomic E-state index is -3.72. The largest absolute Gasteiger partial charge is 0.492 e. The van der Waals surface area contributed by atoms with Crippen LogP contribution in [0.5, 0.6) is 5.75 Å². The molecule has 0 spiro atoms. The number of rotatable bonds is 8. The summed E-state index contributed by atoms with van der Waals surface area (Å²) in [6.07, 6.45) is 1.66. The van der Waals surface area contributed by atoms with Crippen LogP contribution in [0.25, 0.3) is 10.6 Å². The molecule has 1 N–H and O–H groups in total. The van der Waals surface area contributed by atoms with E-state index < -0.39 is 10.0 Å². The number of carbonyl (C=O) groups excluding carboxylic acids is 1. The van der Waals surface area contributed by atoms with E-state index in [2.05, 4.69) is 10.3 Å². The van der Waals surface area contributed by atoms with E-state index in [0.717, 1.165) is 12.8 Å². The third-order valence-electron chi connectivity index (χ3n) is 5.18. The fourth-order valence-electron chi connectivity index (χ4n) is 3.64. The molecule has 7 nitrogen and oxygen atoms in total. The number of nitrogens with zero attached hydrogens (tertiary/aromatic N) is 2. The van der Waals surface area contributed by atoms with Crippen molar-refractivity contribution in [2.45, 2.75) is 31.1 Å². The van der Waals surface area contributed by atoms with Crippen LogP contribution in [0.2, 0.25) is 0 Å². The molecule has 33 heavy (non-hydrogen) atoms. The quantitative estimate of drug-likeness (QED) is 0.509. The van der Waals surface area contributed by atoms with Crippen LogP contribution in [-0.4, -0.2) is 43.3 Å². The molecule has 10 heteroatoms. The number of anilines is 1. The van der Waals surface area contributed by atoms with Gasteiger partial charge in [0.25, 0.3) is 0 Å². The normalized spacial score (nSPS) is 14.4. The fourth-order valence-corrected chi connectivity index (χ4v) is 6.13. The first-order valence-corrected chi connectivity index (χ1v) is 13.0. The SMILES string of the molecule is CCOc1ccc(NC(=O)Cc2csc(-c3cccc(F)c3)n2)cc1S(=O)(=O)N1CCCC1. The Morgan fingerprint density at radius 1 is 1.21 bits per heavy atom. The van der Waals surface area contributed by atoms with Gasteiger partial charge in [-0.3, -0.25) is 4.79 Å². The van der Waals surface area contributed by atoms with Crippen molar-refractivity contribution >= 4 is 33.0 Å². The van der Waals surface area contributed by atoms with Gasteiger partial charge in [0.05, 0.1) is 18.7 Å². The van der Waals surface area contributed by atoms with E-state index in [4.69, 9.17) is 4.74 Å². The zero-order chi connectivity index (χ0) is 23.4. The number of aromatic nitrogens is 1. The molecule has 3 aromatic rings. The van der Waals surface area contributed by atoms with Crippen LogP contribution in [0.15, 0.2) is 52.7 Å². The first kappa shape index (κ1) is 23.3. The van der Waals surface area contributed by atoms with Gasteiger partial charge in [-0.2, -0.15) is 4.31 Å². The molecule has 1 aromatic heterocycles. The molecule has 0 aliphatic carbocycles. The Balaban J connectivity index is 1.50. The first-order chi connectivity index (χ1) is 15.9. The predicted molar refractivity (Wildman–Crippen MR) is 125 cm³/mol. The summed E-state index contributed by atoms with van der Waals surface area (Å²) in [5.74, 6) is -0.418. The zero-order valence-electron chi connectivity index (χ0n) is 18.1. The summed E-state index contributed by atoms with van der Waals surface area (Å²) in [6.45, 7) is 3.06. The average molecular weight is 490 g/mol. The van der Waals surface area contributed by atoms with Crippen molar-refractivity contribution in [3.8, 4) is 16.3 Å². The van der Waals surface area contributed by atoms with Crippen molar-refractivity contribution in [2.24, 2.45) is 0 Å². The lowest BCUT2D eigenvalue weighted by atomic mass is 10.2. The average Bonchev–Trinajstić information content (AvgIpc) is 3.48. The summed E-state index contributed by atoms with van der Waals surface area (Å²) in [4.78, 5) is 17.1. The van der Waals surface area contributed by atoms with E-state index in [1.54, 1.807) is 36.6 Å². The molecular weight excluding hydrogens is 465 g/mol. The summed E-state index contributed by atoms with van der Waals surface area (Å²) in [6, 6.07) is 10.7. The maximum Gasteiger partial charge on any atom is 0.246 e. The molecule has 2 aromatic carbocycles. The number of halogens is 1. The summed E-state index contributed by atoms with van der Waals surface area (Å²) in [5, 5.41) is 5.12. The number of benzene rings is 2. The Labute approximate surface area is 196 Å². The monoisotopic (exact) mass is 489 g/mol. The zero-order valence-corrected chi connectivity index (χ0v) is 19.7. The van der Waals surface area contributed by atoms with Crippen molar-refractivity contribution in [3.63, 3.8) is 0 Å². The van der Waals surface area contributed by atoms with Crippen molar-refractivity contribution in [3.05, 3.63) is 59.4 Å². The van der Waals surface area contributed by atoms with E-state index in [-0.39, 0.29) is 28.8 Å². The van der Waals surface area contributed by atoms with Gasteiger partial charge in [-0.25, -0.2) is 17.8 Å². The van der Waals surface area contributed by atoms with Crippen LogP contribution in [0, 0.1) is 5.82 Å². The van der Waals surface area contributed by atoms with Crippen LogP contribution in [0.4, 0.5) is 10.1 Å². The number of ether oxygens (including phenoxy) is 1. The Kier molecular flexibility index (Phi) is 7.06. The lowest BCUT2D eigenvalue weighted by Gasteiger charge is -2.19. The van der Waals surface area contributed by atoms with Gasteiger partial charge in [-0.05, 0) is 50.1 Å². The van der Waals surface area contributed by atoms with Crippen molar-refractivity contribution in [2.75, 3.05) is 25.0 Å². The minimum Gasteiger partial charge on any atom is -0.492 e. The number of thiazole rings is 1. The van der Waals surface area contributed by atoms with E-state index in [9.17, 15) is 17.6 Å². The first-order valence-electron chi connectivity index (χ1n) is 10.6. The Hall–Kier alpha value is -2.82. The molecule has 0 unspecified atom stereocenters. The Morgan fingerprint density at radius 2 is 2.00 bits per heavy atom. The topological polar surface area (TPSA) is 88.6 Å². The Bertz CT molecular complexity index is 1250. The summed E-state index contributed by atoms with van der Waals surface area (Å²) in [7, 11) is -3.72. The molecule has 1 saturated heterocycles. The molecule has 0 atom stereocenters. The fraction of sp³-hybridized carbons (Fsp3) is 0.304. The van der Waals surface area contributed by atoms with Gasteiger partial charge in [-0.1, -0.05) is 12.1 Å². The number of sulfonamides is 1. The summed E-state index contributed by atoms with van der Waals surface area (Å²) >= 11 is 1.33. The van der Waals surface area contributed by atoms with Crippen LogP contribution in [0.1, 0.15) is 25.5 Å². The highest BCUT2D eigenvalue weighted by molar-refractivity contribution is 7.89. The van der Waals surface area contributed by atoms with Gasteiger partial charge in [0.1, 0.15) is 21.5 Å². The van der Waals surface area contributed by atoms with Crippen LogP contribution >= 0.6 is 11.3 Å². The van der Waals surface area contributed by atoms with E-state index >= 15 is 0 Å². The molecule has 4 rings (SSSR count). The van der Waals surface area contributed by atoms with Crippen LogP contribution in [0.3, 0.4) is 0 Å². The smallest absolute Gasteiger partial charge is 0.246 e. The number of amides is 1. The highest BCUT2D eigenvalue weighted by Gasteiger charge is 2.30. The minimum absolute atomic E-state index is 0.00718. The second kappa shape index (κ2) is 9.98. The predicted octanol–water partition coefficient (Wildman–Crippen LogP) is 4.31. The van der Waals surface area contributed by atoms with E-state index in [0.29, 0.717) is 41.6 Å². The second-order valence-corrected chi connectivity index (χ2v) is 10.3. The molecule has 174 valence electrons. The molecule has 1 aliphatic rings. The number of hydrogen-bond donors (Lipinski definition) is 1.